The van der Waals surface area contributed by atoms with Gasteiger partial charge in [0.05, 0.1) is 0 Å². The van der Waals surface area contributed by atoms with Crippen molar-refractivity contribution in [1.29, 1.82) is 0 Å². The molecule has 0 aliphatic heterocycles. The summed E-state index contributed by atoms with van der Waals surface area (Å²) in [5, 5.41) is 6.19. The minimum absolute atomic E-state index is 0.362. The van der Waals surface area contributed by atoms with Crippen molar-refractivity contribution in [1.82, 2.24) is 5.32 Å². The first-order valence-electron chi connectivity index (χ1n) is 7.77. The van der Waals surface area contributed by atoms with Crippen molar-refractivity contribution in [3.8, 4) is 0 Å². The van der Waals surface area contributed by atoms with E-state index in [2.05, 4.69) is 28.8 Å². The Labute approximate surface area is 127 Å². The van der Waals surface area contributed by atoms with Gasteiger partial charge in [0.15, 0.2) is 0 Å². The number of aryl methyl sites for hydroxylation is 1. The van der Waals surface area contributed by atoms with Crippen LogP contribution in [0.1, 0.15) is 44.7 Å². The van der Waals surface area contributed by atoms with Crippen LogP contribution in [0.2, 0.25) is 0 Å². The number of alkyl carbamates (subject to hydrolysis) is 1. The highest BCUT2D eigenvalue weighted by Crippen LogP contribution is 2.27. The Hall–Kier alpha value is -1.71. The van der Waals surface area contributed by atoms with Gasteiger partial charge in [-0.05, 0) is 63.6 Å². The number of carbonyl (C=O) groups is 1. The molecular weight excluding hydrogens is 264 g/mol. The molecule has 1 aromatic carbocycles. The number of benzene rings is 1. The van der Waals surface area contributed by atoms with Gasteiger partial charge >= 0.3 is 6.09 Å². The first kappa shape index (κ1) is 15.7. The summed E-state index contributed by atoms with van der Waals surface area (Å²) in [4.78, 5) is 11.5. The van der Waals surface area contributed by atoms with Crippen molar-refractivity contribution >= 4 is 11.8 Å². The van der Waals surface area contributed by atoms with E-state index < -0.39 is 5.60 Å². The summed E-state index contributed by atoms with van der Waals surface area (Å²) in [5.41, 5.74) is 3.67. The molecule has 0 radical (unpaired) electrons. The third kappa shape index (κ3) is 4.96. The third-order valence-corrected chi connectivity index (χ3v) is 3.50. The molecule has 2 rings (SSSR count). The highest BCUT2D eigenvalue weighted by molar-refractivity contribution is 5.67. The van der Waals surface area contributed by atoms with Gasteiger partial charge in [-0.25, -0.2) is 4.79 Å². The van der Waals surface area contributed by atoms with Gasteiger partial charge in [0, 0.05) is 18.8 Å². The summed E-state index contributed by atoms with van der Waals surface area (Å²) in [6, 6.07) is 6.45. The summed E-state index contributed by atoms with van der Waals surface area (Å²) < 4.78 is 5.20. The zero-order chi connectivity index (χ0) is 15.3. The van der Waals surface area contributed by atoms with Crippen molar-refractivity contribution in [3.63, 3.8) is 0 Å². The van der Waals surface area contributed by atoms with Crippen LogP contribution in [-0.2, 0) is 17.6 Å². The van der Waals surface area contributed by atoms with Crippen LogP contribution in [0.4, 0.5) is 10.5 Å². The van der Waals surface area contributed by atoms with Crippen LogP contribution in [0.15, 0.2) is 18.2 Å². The number of amides is 1. The lowest BCUT2D eigenvalue weighted by Gasteiger charge is -2.21. The molecule has 2 N–H and O–H groups in total. The molecule has 0 fully saturated rings. The van der Waals surface area contributed by atoms with Crippen LogP contribution in [0.25, 0.3) is 0 Å². The van der Waals surface area contributed by atoms with Gasteiger partial charge in [0.25, 0.3) is 0 Å². The maximum absolute atomic E-state index is 11.5. The second kappa shape index (κ2) is 6.83. The van der Waals surface area contributed by atoms with Gasteiger partial charge in [-0.3, -0.25) is 0 Å². The quantitative estimate of drug-likeness (QED) is 0.834. The van der Waals surface area contributed by atoms with Crippen molar-refractivity contribution < 1.29 is 9.53 Å². The fourth-order valence-electron chi connectivity index (χ4n) is 2.62. The zero-order valence-corrected chi connectivity index (χ0v) is 13.3. The Morgan fingerprint density at radius 1 is 1.19 bits per heavy atom. The average Bonchev–Trinajstić information content (AvgIpc) is 2.42. The number of hydrogen-bond donors (Lipinski definition) is 2. The molecule has 4 nitrogen and oxygen atoms in total. The maximum atomic E-state index is 11.5. The second-order valence-electron chi connectivity index (χ2n) is 6.51. The largest absolute Gasteiger partial charge is 0.444 e. The van der Waals surface area contributed by atoms with Gasteiger partial charge in [0.1, 0.15) is 5.60 Å². The average molecular weight is 290 g/mol. The number of carbonyl (C=O) groups excluding carboxylic acids is 1. The summed E-state index contributed by atoms with van der Waals surface area (Å²) in [6.07, 6.45) is 4.52. The molecule has 21 heavy (non-hydrogen) atoms. The van der Waals surface area contributed by atoms with Gasteiger partial charge in [0.2, 0.25) is 0 Å². The number of fused-ring (bicyclic) bond motifs is 1. The Balaban J connectivity index is 1.78. The Morgan fingerprint density at radius 3 is 2.71 bits per heavy atom. The lowest BCUT2D eigenvalue weighted by Crippen LogP contribution is -2.35. The summed E-state index contributed by atoms with van der Waals surface area (Å²) in [6.45, 7) is 6.84. The van der Waals surface area contributed by atoms with E-state index in [1.165, 1.54) is 36.1 Å². The van der Waals surface area contributed by atoms with E-state index in [1.807, 2.05) is 20.8 Å². The zero-order valence-electron chi connectivity index (χ0n) is 13.3. The van der Waals surface area contributed by atoms with E-state index in [0.717, 1.165) is 6.42 Å². The van der Waals surface area contributed by atoms with Gasteiger partial charge in [-0.15, -0.1) is 0 Å². The van der Waals surface area contributed by atoms with Gasteiger partial charge in [-0.1, -0.05) is 12.1 Å². The topological polar surface area (TPSA) is 50.4 Å². The fraction of sp³-hybridized carbons (Fsp3) is 0.588. The van der Waals surface area contributed by atoms with Crippen LogP contribution < -0.4 is 10.6 Å². The van der Waals surface area contributed by atoms with E-state index >= 15 is 0 Å². The summed E-state index contributed by atoms with van der Waals surface area (Å²) in [7, 11) is 0. The van der Waals surface area contributed by atoms with Gasteiger partial charge in [-0.2, -0.15) is 0 Å². The summed E-state index contributed by atoms with van der Waals surface area (Å²) in [5.74, 6) is 0. The van der Waals surface area contributed by atoms with Crippen molar-refractivity contribution in [2.75, 3.05) is 18.4 Å². The first-order chi connectivity index (χ1) is 9.96. The minimum atomic E-state index is -0.448. The number of anilines is 1. The molecule has 0 spiro atoms. The van der Waals surface area contributed by atoms with Crippen molar-refractivity contribution in [2.24, 2.45) is 0 Å². The fourth-order valence-corrected chi connectivity index (χ4v) is 2.62. The van der Waals surface area contributed by atoms with Crippen LogP contribution in [0.5, 0.6) is 0 Å². The molecule has 0 unspecified atom stereocenters. The van der Waals surface area contributed by atoms with Gasteiger partial charge < -0.3 is 15.4 Å². The lowest BCUT2D eigenvalue weighted by atomic mass is 9.90. The number of nitrogens with one attached hydrogen (secondary N) is 2. The lowest BCUT2D eigenvalue weighted by molar-refractivity contribution is 0.0530. The van der Waals surface area contributed by atoms with E-state index in [9.17, 15) is 4.79 Å². The van der Waals surface area contributed by atoms with Crippen LogP contribution in [-0.4, -0.2) is 24.8 Å². The predicted octanol–water partition coefficient (Wildman–Crippen LogP) is 3.50. The predicted molar refractivity (Wildman–Crippen MR) is 85.8 cm³/mol. The Morgan fingerprint density at radius 2 is 1.95 bits per heavy atom. The number of rotatable bonds is 4. The van der Waals surface area contributed by atoms with Crippen LogP contribution in [0.3, 0.4) is 0 Å². The second-order valence-corrected chi connectivity index (χ2v) is 6.51. The molecule has 1 amide bonds. The Kier molecular flexibility index (Phi) is 5.10. The highest BCUT2D eigenvalue weighted by atomic mass is 16.6. The molecule has 4 heteroatoms. The molecule has 0 saturated carbocycles. The monoisotopic (exact) mass is 290 g/mol. The molecule has 0 saturated heterocycles. The first-order valence-corrected chi connectivity index (χ1v) is 7.77. The van der Waals surface area contributed by atoms with Crippen molar-refractivity contribution in [2.45, 2.75) is 52.1 Å². The molecule has 1 aliphatic carbocycles. The number of hydrogen-bond acceptors (Lipinski definition) is 3. The normalized spacial score (nSPS) is 14.2. The molecule has 1 aromatic rings. The molecule has 0 bridgehead atoms. The Bertz CT molecular complexity index is 492. The molecule has 1 aliphatic rings. The SMILES string of the molecule is CC(C)(C)OC(=O)NCCNc1cccc2c1CCCC2. The summed E-state index contributed by atoms with van der Waals surface area (Å²) >= 11 is 0. The molecule has 0 atom stereocenters. The minimum Gasteiger partial charge on any atom is -0.444 e. The molecule has 116 valence electrons. The molecule has 0 aromatic heterocycles. The van der Waals surface area contributed by atoms with E-state index in [-0.39, 0.29) is 6.09 Å². The highest BCUT2D eigenvalue weighted by Gasteiger charge is 2.15. The van der Waals surface area contributed by atoms with Crippen molar-refractivity contribution in [3.05, 3.63) is 29.3 Å². The van der Waals surface area contributed by atoms with E-state index in [0.29, 0.717) is 13.1 Å². The van der Waals surface area contributed by atoms with Crippen LogP contribution in [0, 0.1) is 0 Å². The standard InChI is InChI=1S/C17H26N2O2/c1-17(2,3)21-16(20)19-12-11-18-15-10-6-8-13-7-4-5-9-14(13)15/h6,8,10,18H,4-5,7,9,11-12H2,1-3H3,(H,19,20). The maximum Gasteiger partial charge on any atom is 0.407 e. The molecule has 0 heterocycles. The number of ether oxygens (including phenoxy) is 1. The molecular formula is C17H26N2O2. The van der Waals surface area contributed by atoms with E-state index in [4.69, 9.17) is 4.74 Å². The smallest absolute Gasteiger partial charge is 0.407 e. The third-order valence-electron chi connectivity index (χ3n) is 3.50. The van der Waals surface area contributed by atoms with E-state index in [1.54, 1.807) is 0 Å². The van der Waals surface area contributed by atoms with Crippen LogP contribution >= 0.6 is 0 Å².